The monoisotopic (exact) mass is 473 g/mol. The molecular weight excluding hydrogens is 454 g/mol. The maximum absolute atomic E-state index is 12.8. The van der Waals surface area contributed by atoms with Crippen LogP contribution in [0.4, 0.5) is 11.4 Å². The largest absolute Gasteiger partial charge is 0.439 e. The number of nitrogens with one attached hydrogen (secondary N) is 1. The van der Waals surface area contributed by atoms with E-state index in [1.165, 1.54) is 6.33 Å². The van der Waals surface area contributed by atoms with Crippen LogP contribution in [-0.4, -0.2) is 32.9 Å². The van der Waals surface area contributed by atoms with Crippen molar-refractivity contribution in [2.75, 3.05) is 16.8 Å². The van der Waals surface area contributed by atoms with E-state index in [2.05, 4.69) is 15.3 Å². The van der Waals surface area contributed by atoms with Crippen LogP contribution in [0.1, 0.15) is 6.42 Å². The van der Waals surface area contributed by atoms with E-state index in [9.17, 15) is 9.59 Å². The van der Waals surface area contributed by atoms with E-state index >= 15 is 0 Å². The van der Waals surface area contributed by atoms with Crippen molar-refractivity contribution < 1.29 is 14.3 Å². The zero-order valence-corrected chi connectivity index (χ0v) is 18.7. The molecule has 2 amide bonds. The van der Waals surface area contributed by atoms with Gasteiger partial charge in [-0.15, -0.1) is 0 Å². The Balaban J connectivity index is 1.20. The normalized spacial score (nSPS) is 15.4. The third kappa shape index (κ3) is 4.77. The van der Waals surface area contributed by atoms with Crippen molar-refractivity contribution in [1.82, 2.24) is 14.5 Å². The highest BCUT2D eigenvalue weighted by Crippen LogP contribution is 2.28. The summed E-state index contributed by atoms with van der Waals surface area (Å²) in [7, 11) is 0. The molecule has 170 valence electrons. The maximum atomic E-state index is 12.8. The highest BCUT2D eigenvalue weighted by molar-refractivity contribution is 6.30. The Hall–Kier alpha value is -4.17. The molecule has 8 nitrogen and oxygen atoms in total. The van der Waals surface area contributed by atoms with E-state index in [-0.39, 0.29) is 18.2 Å². The van der Waals surface area contributed by atoms with Gasteiger partial charge in [-0.2, -0.15) is 0 Å². The number of hydrogen-bond donors (Lipinski definition) is 1. The van der Waals surface area contributed by atoms with Crippen molar-refractivity contribution in [3.8, 4) is 17.4 Å². The zero-order chi connectivity index (χ0) is 23.5. The van der Waals surface area contributed by atoms with Gasteiger partial charge in [0.2, 0.25) is 17.7 Å². The number of rotatable bonds is 6. The number of ether oxygens (including phenoxy) is 1. The van der Waals surface area contributed by atoms with Crippen LogP contribution in [0.2, 0.25) is 5.02 Å². The molecule has 1 atom stereocenters. The van der Waals surface area contributed by atoms with Gasteiger partial charge in [0.1, 0.15) is 17.9 Å². The highest BCUT2D eigenvalue weighted by Gasteiger charge is 2.35. The number of carbonyl (C=O) groups excluding carboxylic acids is 2. The molecule has 5 rings (SSSR count). The van der Waals surface area contributed by atoms with E-state index in [1.807, 2.05) is 29.1 Å². The molecule has 1 unspecified atom stereocenters. The highest BCUT2D eigenvalue weighted by atomic mass is 35.5. The van der Waals surface area contributed by atoms with E-state index in [4.69, 9.17) is 16.3 Å². The quantitative estimate of drug-likeness (QED) is 0.438. The maximum Gasteiger partial charge on any atom is 0.229 e. The Morgan fingerprint density at radius 3 is 2.50 bits per heavy atom. The van der Waals surface area contributed by atoms with E-state index in [0.717, 1.165) is 5.69 Å². The van der Waals surface area contributed by atoms with Crippen molar-refractivity contribution >= 4 is 34.8 Å². The fourth-order valence-electron chi connectivity index (χ4n) is 3.74. The predicted octanol–water partition coefficient (Wildman–Crippen LogP) is 4.70. The number of benzene rings is 2. The Kier molecular flexibility index (Phi) is 5.97. The lowest BCUT2D eigenvalue weighted by molar-refractivity contribution is -0.122. The number of amides is 2. The second kappa shape index (κ2) is 9.36. The van der Waals surface area contributed by atoms with E-state index < -0.39 is 5.92 Å². The summed E-state index contributed by atoms with van der Waals surface area (Å²) in [4.78, 5) is 35.2. The average molecular weight is 474 g/mol. The molecule has 34 heavy (non-hydrogen) atoms. The molecule has 1 aliphatic heterocycles. The van der Waals surface area contributed by atoms with Crippen molar-refractivity contribution in [2.45, 2.75) is 6.42 Å². The van der Waals surface area contributed by atoms with Gasteiger partial charge in [0.05, 0.1) is 5.92 Å². The fourth-order valence-corrected chi connectivity index (χ4v) is 3.87. The second-order valence-corrected chi connectivity index (χ2v) is 8.24. The van der Waals surface area contributed by atoms with E-state index in [1.54, 1.807) is 59.5 Å². The Morgan fingerprint density at radius 1 is 1.03 bits per heavy atom. The van der Waals surface area contributed by atoms with Gasteiger partial charge in [-0.05, 0) is 60.7 Å². The summed E-state index contributed by atoms with van der Waals surface area (Å²) in [6, 6.07) is 19.5. The lowest BCUT2D eigenvalue weighted by Gasteiger charge is -2.17. The average Bonchev–Trinajstić information content (AvgIpc) is 3.52. The first-order valence-electron chi connectivity index (χ1n) is 10.7. The molecule has 9 heteroatoms. The van der Waals surface area contributed by atoms with E-state index in [0.29, 0.717) is 34.7 Å². The number of anilines is 2. The van der Waals surface area contributed by atoms with Crippen LogP contribution in [-0.2, 0) is 9.59 Å². The molecule has 2 aromatic heterocycles. The Labute approximate surface area is 200 Å². The first-order chi connectivity index (χ1) is 16.5. The zero-order valence-electron chi connectivity index (χ0n) is 18.0. The first-order valence-corrected chi connectivity index (χ1v) is 11.0. The van der Waals surface area contributed by atoms with Gasteiger partial charge >= 0.3 is 0 Å². The molecule has 1 saturated heterocycles. The van der Waals surface area contributed by atoms with Gasteiger partial charge in [-0.3, -0.25) is 9.59 Å². The molecule has 1 fully saturated rings. The number of halogens is 1. The molecule has 0 bridgehead atoms. The molecular formula is C25H20ClN5O3. The van der Waals surface area contributed by atoms with Crippen molar-refractivity contribution in [1.29, 1.82) is 0 Å². The minimum atomic E-state index is -0.438. The van der Waals surface area contributed by atoms with Crippen LogP contribution in [0.5, 0.6) is 11.6 Å². The molecule has 4 aromatic rings. The summed E-state index contributed by atoms with van der Waals surface area (Å²) in [5, 5.41) is 3.48. The van der Waals surface area contributed by atoms with Crippen LogP contribution < -0.4 is 15.0 Å². The minimum Gasteiger partial charge on any atom is -0.439 e. The molecule has 3 heterocycles. The summed E-state index contributed by atoms with van der Waals surface area (Å²) in [6.07, 6.45) is 5.37. The third-order valence-corrected chi connectivity index (χ3v) is 5.73. The van der Waals surface area contributed by atoms with Gasteiger partial charge in [0, 0.05) is 47.8 Å². The molecule has 1 aliphatic rings. The molecule has 0 radical (unpaired) electrons. The van der Waals surface area contributed by atoms with Gasteiger partial charge in [-0.25, -0.2) is 9.97 Å². The smallest absolute Gasteiger partial charge is 0.229 e. The molecule has 0 aliphatic carbocycles. The second-order valence-electron chi connectivity index (χ2n) is 7.80. The fraction of sp³-hybridized carbons (Fsp3) is 0.120. The molecule has 2 aromatic carbocycles. The molecule has 0 saturated carbocycles. The van der Waals surface area contributed by atoms with Crippen molar-refractivity contribution in [3.63, 3.8) is 0 Å². The van der Waals surface area contributed by atoms with Crippen LogP contribution in [0.3, 0.4) is 0 Å². The number of aromatic nitrogens is 3. The standard InChI is InChI=1S/C25H20ClN5O3/c26-18-3-7-20(8-4-18)31-15-17(13-24(31)32)25(33)29-19-5-9-21(10-6-19)34-23-14-22(27-16-28-23)30-11-1-2-12-30/h1-12,14,16-17H,13,15H2,(H,29,33). The summed E-state index contributed by atoms with van der Waals surface area (Å²) < 4.78 is 7.68. The summed E-state index contributed by atoms with van der Waals surface area (Å²) >= 11 is 5.92. The minimum absolute atomic E-state index is 0.0876. The van der Waals surface area contributed by atoms with Gasteiger partial charge in [0.25, 0.3) is 0 Å². The predicted molar refractivity (Wildman–Crippen MR) is 128 cm³/mol. The van der Waals surface area contributed by atoms with Crippen molar-refractivity contribution in [3.05, 3.63) is 90.5 Å². The van der Waals surface area contributed by atoms with Crippen LogP contribution >= 0.6 is 11.6 Å². The lowest BCUT2D eigenvalue weighted by Crippen LogP contribution is -2.28. The van der Waals surface area contributed by atoms with Crippen LogP contribution in [0.25, 0.3) is 5.82 Å². The third-order valence-electron chi connectivity index (χ3n) is 5.47. The van der Waals surface area contributed by atoms with Crippen molar-refractivity contribution in [2.24, 2.45) is 5.92 Å². The van der Waals surface area contributed by atoms with Gasteiger partial charge in [0.15, 0.2) is 0 Å². The Morgan fingerprint density at radius 2 is 1.76 bits per heavy atom. The number of hydrogen-bond acceptors (Lipinski definition) is 5. The van der Waals surface area contributed by atoms with Gasteiger partial charge < -0.3 is 19.5 Å². The van der Waals surface area contributed by atoms with Gasteiger partial charge in [-0.1, -0.05) is 11.6 Å². The first kappa shape index (κ1) is 21.7. The SMILES string of the molecule is O=C(Nc1ccc(Oc2cc(-n3cccc3)ncn2)cc1)C1CC(=O)N(c2ccc(Cl)cc2)C1. The summed E-state index contributed by atoms with van der Waals surface area (Å²) in [5.41, 5.74) is 1.35. The summed E-state index contributed by atoms with van der Waals surface area (Å²) in [6.45, 7) is 0.324. The molecule has 1 N–H and O–H groups in total. The lowest BCUT2D eigenvalue weighted by atomic mass is 10.1. The summed E-state index contributed by atoms with van der Waals surface area (Å²) in [5.74, 6) is 0.938. The number of carbonyl (C=O) groups is 2. The van der Waals surface area contributed by atoms with Crippen LogP contribution in [0.15, 0.2) is 85.5 Å². The number of nitrogens with zero attached hydrogens (tertiary/aromatic N) is 4. The molecule has 0 spiro atoms. The van der Waals surface area contributed by atoms with Crippen LogP contribution in [0, 0.1) is 5.92 Å². The topological polar surface area (TPSA) is 89.3 Å². The Bertz CT molecular complexity index is 1310.